The van der Waals surface area contributed by atoms with Crippen LogP contribution in [0.15, 0.2) is 12.3 Å². The van der Waals surface area contributed by atoms with E-state index in [-0.39, 0.29) is 5.91 Å². The molecule has 0 atom stereocenters. The van der Waals surface area contributed by atoms with Crippen LogP contribution >= 0.6 is 0 Å². The average Bonchev–Trinajstić information content (AvgIpc) is 2.35. The standard InChI is InChI=1S/C14H20FN3O/c1-3-16-13-12(7-11(15)8-17-13)14(19)18(2)9-10-5-4-6-10/h7-8,10H,3-6,9H2,1-2H3,(H,16,17). The normalized spacial score (nSPS) is 14.9. The Balaban J connectivity index is 2.13. The van der Waals surface area contributed by atoms with Crippen molar-refractivity contribution in [2.75, 3.05) is 25.5 Å². The Morgan fingerprint density at radius 3 is 2.89 bits per heavy atom. The summed E-state index contributed by atoms with van der Waals surface area (Å²) in [6.45, 7) is 3.30. The number of hydrogen-bond acceptors (Lipinski definition) is 3. The molecular formula is C14H20FN3O. The van der Waals surface area contributed by atoms with Crippen LogP contribution in [-0.2, 0) is 0 Å². The zero-order valence-electron chi connectivity index (χ0n) is 11.4. The number of hydrogen-bond donors (Lipinski definition) is 1. The van der Waals surface area contributed by atoms with Gasteiger partial charge < -0.3 is 10.2 Å². The quantitative estimate of drug-likeness (QED) is 0.889. The Morgan fingerprint density at radius 1 is 1.58 bits per heavy atom. The van der Waals surface area contributed by atoms with Crippen molar-refractivity contribution in [2.24, 2.45) is 5.92 Å². The molecule has 0 aliphatic heterocycles. The van der Waals surface area contributed by atoms with Gasteiger partial charge in [-0.15, -0.1) is 0 Å². The maximum Gasteiger partial charge on any atom is 0.257 e. The number of carbonyl (C=O) groups is 1. The first-order valence-corrected chi connectivity index (χ1v) is 6.76. The molecule has 1 N–H and O–H groups in total. The van der Waals surface area contributed by atoms with Crippen LogP contribution in [0.2, 0.25) is 0 Å². The second kappa shape index (κ2) is 5.99. The van der Waals surface area contributed by atoms with Gasteiger partial charge in [0.1, 0.15) is 11.6 Å². The minimum Gasteiger partial charge on any atom is -0.370 e. The third-order valence-corrected chi connectivity index (χ3v) is 3.53. The van der Waals surface area contributed by atoms with Crippen LogP contribution in [0, 0.1) is 11.7 Å². The fourth-order valence-corrected chi connectivity index (χ4v) is 2.26. The summed E-state index contributed by atoms with van der Waals surface area (Å²) in [7, 11) is 1.77. The molecule has 104 valence electrons. The summed E-state index contributed by atoms with van der Waals surface area (Å²) >= 11 is 0. The number of rotatable bonds is 5. The first-order valence-electron chi connectivity index (χ1n) is 6.76. The zero-order chi connectivity index (χ0) is 13.8. The van der Waals surface area contributed by atoms with Crippen LogP contribution in [-0.4, -0.2) is 35.9 Å². The van der Waals surface area contributed by atoms with Gasteiger partial charge >= 0.3 is 0 Å². The van der Waals surface area contributed by atoms with E-state index >= 15 is 0 Å². The lowest BCUT2D eigenvalue weighted by atomic mass is 9.85. The molecule has 0 aromatic carbocycles. The molecule has 1 aromatic heterocycles. The second-order valence-electron chi connectivity index (χ2n) is 5.06. The second-order valence-corrected chi connectivity index (χ2v) is 5.06. The van der Waals surface area contributed by atoms with Crippen molar-refractivity contribution in [2.45, 2.75) is 26.2 Å². The van der Waals surface area contributed by atoms with Gasteiger partial charge in [-0.05, 0) is 31.7 Å². The van der Waals surface area contributed by atoms with Crippen molar-refractivity contribution in [1.29, 1.82) is 0 Å². The maximum absolute atomic E-state index is 13.3. The molecule has 0 saturated heterocycles. The summed E-state index contributed by atoms with van der Waals surface area (Å²) in [6, 6.07) is 1.25. The van der Waals surface area contributed by atoms with E-state index in [0.29, 0.717) is 23.8 Å². The van der Waals surface area contributed by atoms with E-state index in [0.717, 1.165) is 12.7 Å². The van der Waals surface area contributed by atoms with Crippen LogP contribution in [0.1, 0.15) is 36.5 Å². The molecule has 0 unspecified atom stereocenters. The topological polar surface area (TPSA) is 45.2 Å². The molecule has 5 heteroatoms. The van der Waals surface area contributed by atoms with E-state index in [2.05, 4.69) is 10.3 Å². The molecular weight excluding hydrogens is 245 g/mol. The van der Waals surface area contributed by atoms with Gasteiger partial charge in [0, 0.05) is 20.1 Å². The van der Waals surface area contributed by atoms with E-state index in [9.17, 15) is 9.18 Å². The average molecular weight is 265 g/mol. The minimum absolute atomic E-state index is 0.171. The van der Waals surface area contributed by atoms with Crippen LogP contribution in [0.25, 0.3) is 0 Å². The fraction of sp³-hybridized carbons (Fsp3) is 0.571. The smallest absolute Gasteiger partial charge is 0.257 e. The summed E-state index contributed by atoms with van der Waals surface area (Å²) in [5.74, 6) is 0.393. The number of aromatic nitrogens is 1. The van der Waals surface area contributed by atoms with Crippen molar-refractivity contribution >= 4 is 11.7 Å². The summed E-state index contributed by atoms with van der Waals surface area (Å²) in [5.41, 5.74) is 0.309. The Bertz CT molecular complexity index is 460. The lowest BCUT2D eigenvalue weighted by Crippen LogP contribution is -2.34. The largest absolute Gasteiger partial charge is 0.370 e. The van der Waals surface area contributed by atoms with Gasteiger partial charge in [-0.2, -0.15) is 0 Å². The molecule has 1 fully saturated rings. The lowest BCUT2D eigenvalue weighted by Gasteiger charge is -2.30. The summed E-state index contributed by atoms with van der Waals surface area (Å²) in [6.07, 6.45) is 4.73. The highest BCUT2D eigenvalue weighted by atomic mass is 19.1. The van der Waals surface area contributed by atoms with Crippen molar-refractivity contribution in [1.82, 2.24) is 9.88 Å². The van der Waals surface area contributed by atoms with Crippen molar-refractivity contribution in [3.05, 3.63) is 23.6 Å². The SMILES string of the molecule is CCNc1ncc(F)cc1C(=O)N(C)CC1CCC1. The van der Waals surface area contributed by atoms with E-state index in [1.165, 1.54) is 25.3 Å². The highest BCUT2D eigenvalue weighted by Crippen LogP contribution is 2.27. The third-order valence-electron chi connectivity index (χ3n) is 3.53. The molecule has 1 saturated carbocycles. The number of nitrogens with zero attached hydrogens (tertiary/aromatic N) is 2. The van der Waals surface area contributed by atoms with E-state index in [1.54, 1.807) is 11.9 Å². The van der Waals surface area contributed by atoms with Crippen LogP contribution in [0.4, 0.5) is 10.2 Å². The predicted octanol–water partition coefficient (Wildman–Crippen LogP) is 2.52. The molecule has 1 heterocycles. The van der Waals surface area contributed by atoms with Gasteiger partial charge in [0.05, 0.1) is 11.8 Å². The minimum atomic E-state index is -0.484. The maximum atomic E-state index is 13.3. The summed E-state index contributed by atoms with van der Waals surface area (Å²) < 4.78 is 13.3. The van der Waals surface area contributed by atoms with E-state index < -0.39 is 5.82 Å². The van der Waals surface area contributed by atoms with Crippen LogP contribution in [0.5, 0.6) is 0 Å². The number of carbonyl (C=O) groups excluding carboxylic acids is 1. The lowest BCUT2D eigenvalue weighted by molar-refractivity contribution is 0.0745. The Labute approximate surface area is 113 Å². The first kappa shape index (κ1) is 13.8. The Morgan fingerprint density at radius 2 is 2.32 bits per heavy atom. The van der Waals surface area contributed by atoms with E-state index in [1.807, 2.05) is 6.92 Å². The summed E-state index contributed by atoms with van der Waals surface area (Å²) in [5, 5.41) is 3.00. The molecule has 2 rings (SSSR count). The zero-order valence-corrected chi connectivity index (χ0v) is 11.4. The van der Waals surface area contributed by atoms with Gasteiger partial charge in [0.2, 0.25) is 0 Å². The number of nitrogens with one attached hydrogen (secondary N) is 1. The number of pyridine rings is 1. The van der Waals surface area contributed by atoms with Crippen LogP contribution in [0.3, 0.4) is 0 Å². The highest BCUT2D eigenvalue weighted by molar-refractivity contribution is 5.98. The van der Waals surface area contributed by atoms with Gasteiger partial charge in [-0.1, -0.05) is 6.42 Å². The van der Waals surface area contributed by atoms with Gasteiger partial charge in [-0.25, -0.2) is 9.37 Å². The predicted molar refractivity (Wildman–Crippen MR) is 72.7 cm³/mol. The molecule has 1 aliphatic carbocycles. The van der Waals surface area contributed by atoms with Gasteiger partial charge in [0.15, 0.2) is 0 Å². The molecule has 4 nitrogen and oxygen atoms in total. The first-order chi connectivity index (χ1) is 9.11. The molecule has 0 bridgehead atoms. The van der Waals surface area contributed by atoms with Crippen molar-refractivity contribution in [3.63, 3.8) is 0 Å². The van der Waals surface area contributed by atoms with Gasteiger partial charge in [-0.3, -0.25) is 4.79 Å². The van der Waals surface area contributed by atoms with Crippen molar-refractivity contribution < 1.29 is 9.18 Å². The summed E-state index contributed by atoms with van der Waals surface area (Å²) in [4.78, 5) is 18.0. The molecule has 19 heavy (non-hydrogen) atoms. The molecule has 0 spiro atoms. The molecule has 1 aromatic rings. The number of anilines is 1. The highest BCUT2D eigenvalue weighted by Gasteiger charge is 2.23. The Hall–Kier alpha value is -1.65. The number of halogens is 1. The third kappa shape index (κ3) is 3.22. The molecule has 1 aliphatic rings. The van der Waals surface area contributed by atoms with Gasteiger partial charge in [0.25, 0.3) is 5.91 Å². The molecule has 1 amide bonds. The Kier molecular flexibility index (Phi) is 4.35. The number of amides is 1. The monoisotopic (exact) mass is 265 g/mol. The van der Waals surface area contributed by atoms with Crippen molar-refractivity contribution in [3.8, 4) is 0 Å². The molecule has 0 radical (unpaired) electrons. The fourth-order valence-electron chi connectivity index (χ4n) is 2.26. The van der Waals surface area contributed by atoms with E-state index in [4.69, 9.17) is 0 Å². The van der Waals surface area contributed by atoms with Crippen LogP contribution < -0.4 is 5.32 Å².